The zero-order valence-electron chi connectivity index (χ0n) is 19.0. The highest BCUT2D eigenvalue weighted by molar-refractivity contribution is 6.30. The molecule has 3 heterocycles. The molecule has 5 rings (SSSR count). The normalized spacial score (nSPS) is 19.9. The predicted octanol–water partition coefficient (Wildman–Crippen LogP) is 5.70. The third-order valence-electron chi connectivity index (χ3n) is 6.57. The molecule has 1 aromatic heterocycles. The summed E-state index contributed by atoms with van der Waals surface area (Å²) in [7, 11) is 0. The molecular formula is C25H27Cl2N5O2. The van der Waals surface area contributed by atoms with Crippen LogP contribution in [0.2, 0.25) is 10.0 Å². The number of urea groups is 1. The van der Waals surface area contributed by atoms with Crippen molar-refractivity contribution in [2.75, 3.05) is 13.2 Å². The lowest BCUT2D eigenvalue weighted by Gasteiger charge is -2.28. The van der Waals surface area contributed by atoms with Gasteiger partial charge in [-0.15, -0.1) is 10.2 Å². The zero-order chi connectivity index (χ0) is 23.7. The number of hydrogen-bond donors (Lipinski definition) is 1. The van der Waals surface area contributed by atoms with Crippen molar-refractivity contribution in [3.8, 4) is 5.75 Å². The second-order valence-corrected chi connectivity index (χ2v) is 9.72. The Balaban J connectivity index is 1.37. The summed E-state index contributed by atoms with van der Waals surface area (Å²) in [6.45, 7) is 3.87. The first kappa shape index (κ1) is 23.0. The lowest BCUT2D eigenvalue weighted by atomic mass is 10.0. The van der Waals surface area contributed by atoms with E-state index < -0.39 is 0 Å². The lowest BCUT2D eigenvalue weighted by Crippen LogP contribution is -2.41. The van der Waals surface area contributed by atoms with Gasteiger partial charge in [-0.1, -0.05) is 35.3 Å². The summed E-state index contributed by atoms with van der Waals surface area (Å²) < 4.78 is 7.95. The fraction of sp³-hybridized carbons (Fsp3) is 0.400. The van der Waals surface area contributed by atoms with E-state index in [0.29, 0.717) is 29.7 Å². The molecule has 7 nitrogen and oxygen atoms in total. The zero-order valence-corrected chi connectivity index (χ0v) is 20.5. The number of carbonyl (C=O) groups is 1. The van der Waals surface area contributed by atoms with Gasteiger partial charge in [-0.2, -0.15) is 0 Å². The number of nitrogens with zero attached hydrogens (tertiary/aromatic N) is 4. The van der Waals surface area contributed by atoms with Gasteiger partial charge in [0.25, 0.3) is 0 Å². The van der Waals surface area contributed by atoms with Gasteiger partial charge in [0.1, 0.15) is 11.6 Å². The molecule has 1 unspecified atom stereocenters. The Morgan fingerprint density at radius 2 is 1.88 bits per heavy atom. The first-order valence-corrected chi connectivity index (χ1v) is 12.4. The highest BCUT2D eigenvalue weighted by Crippen LogP contribution is 2.36. The highest BCUT2D eigenvalue weighted by Gasteiger charge is 2.35. The molecule has 0 spiro atoms. The van der Waals surface area contributed by atoms with Crippen molar-refractivity contribution in [1.29, 1.82) is 0 Å². The molecule has 3 aromatic rings. The van der Waals surface area contributed by atoms with E-state index >= 15 is 0 Å². The number of aryl methyl sites for hydroxylation is 1. The van der Waals surface area contributed by atoms with E-state index in [1.54, 1.807) is 0 Å². The molecule has 2 aliphatic heterocycles. The van der Waals surface area contributed by atoms with Crippen LogP contribution in [0.5, 0.6) is 5.75 Å². The van der Waals surface area contributed by atoms with E-state index in [2.05, 4.69) is 20.1 Å². The van der Waals surface area contributed by atoms with Crippen molar-refractivity contribution in [1.82, 2.24) is 25.0 Å². The third-order valence-corrected chi connectivity index (χ3v) is 7.06. The maximum Gasteiger partial charge on any atom is 0.318 e. The minimum atomic E-state index is -0.154. The molecule has 0 aliphatic carbocycles. The fourth-order valence-electron chi connectivity index (χ4n) is 4.82. The maximum absolute atomic E-state index is 13.5. The minimum Gasteiger partial charge on any atom is -0.493 e. The Labute approximate surface area is 209 Å². The van der Waals surface area contributed by atoms with Crippen LogP contribution in [0.1, 0.15) is 60.5 Å². The average Bonchev–Trinajstić information content (AvgIpc) is 3.39. The van der Waals surface area contributed by atoms with Gasteiger partial charge in [0.15, 0.2) is 5.82 Å². The number of nitrogens with one attached hydrogen (secondary N) is 1. The number of halogens is 2. The number of aromatic nitrogens is 3. The van der Waals surface area contributed by atoms with E-state index in [1.807, 2.05) is 54.3 Å². The van der Waals surface area contributed by atoms with Crippen LogP contribution in [0.25, 0.3) is 0 Å². The number of ether oxygens (including phenoxy) is 1. The molecule has 0 radical (unpaired) electrons. The van der Waals surface area contributed by atoms with Gasteiger partial charge in [0.05, 0.1) is 25.2 Å². The summed E-state index contributed by atoms with van der Waals surface area (Å²) in [5, 5.41) is 13.4. The van der Waals surface area contributed by atoms with Gasteiger partial charge in [0.2, 0.25) is 0 Å². The van der Waals surface area contributed by atoms with Crippen molar-refractivity contribution in [2.24, 2.45) is 0 Å². The molecule has 1 fully saturated rings. The molecular weight excluding hydrogens is 473 g/mol. The molecule has 2 amide bonds. The smallest absolute Gasteiger partial charge is 0.318 e. The van der Waals surface area contributed by atoms with Crippen molar-refractivity contribution in [2.45, 2.75) is 51.2 Å². The Morgan fingerprint density at radius 1 is 1.09 bits per heavy atom. The van der Waals surface area contributed by atoms with Gasteiger partial charge in [0, 0.05) is 22.2 Å². The van der Waals surface area contributed by atoms with Crippen LogP contribution in [-0.4, -0.2) is 38.8 Å². The molecule has 1 saturated heterocycles. The Hall–Kier alpha value is -2.77. The largest absolute Gasteiger partial charge is 0.493 e. The summed E-state index contributed by atoms with van der Waals surface area (Å²) in [6.07, 6.45) is 3.42. The molecule has 0 bridgehead atoms. The molecule has 2 aromatic carbocycles. The predicted molar refractivity (Wildman–Crippen MR) is 131 cm³/mol. The number of carbonyl (C=O) groups excluding carboxylic acids is 1. The molecule has 2 atom stereocenters. The van der Waals surface area contributed by atoms with Crippen LogP contribution in [0.15, 0.2) is 42.5 Å². The second-order valence-electron chi connectivity index (χ2n) is 8.84. The van der Waals surface area contributed by atoms with E-state index in [4.69, 9.17) is 27.9 Å². The first-order chi connectivity index (χ1) is 16.5. The molecule has 0 saturated carbocycles. The highest BCUT2D eigenvalue weighted by atomic mass is 35.5. The second kappa shape index (κ2) is 9.84. The Morgan fingerprint density at radius 3 is 2.71 bits per heavy atom. The Kier molecular flexibility index (Phi) is 6.66. The maximum atomic E-state index is 13.5. The van der Waals surface area contributed by atoms with Gasteiger partial charge in [-0.05, 0) is 68.5 Å². The summed E-state index contributed by atoms with van der Waals surface area (Å²) in [6, 6.07) is 13.0. The third kappa shape index (κ3) is 4.72. The van der Waals surface area contributed by atoms with E-state index in [-0.39, 0.29) is 18.1 Å². The molecule has 9 heteroatoms. The first-order valence-electron chi connectivity index (χ1n) is 11.6. The number of likely N-dealkylation sites (tertiary alicyclic amines) is 1. The molecule has 2 aliphatic rings. The van der Waals surface area contributed by atoms with Crippen LogP contribution < -0.4 is 10.1 Å². The molecule has 34 heavy (non-hydrogen) atoms. The van der Waals surface area contributed by atoms with Gasteiger partial charge >= 0.3 is 6.03 Å². The van der Waals surface area contributed by atoms with Crippen LogP contribution in [-0.2, 0) is 6.54 Å². The monoisotopic (exact) mass is 499 g/mol. The molecule has 1 N–H and O–H groups in total. The van der Waals surface area contributed by atoms with Crippen LogP contribution >= 0.6 is 23.2 Å². The summed E-state index contributed by atoms with van der Waals surface area (Å²) >= 11 is 12.3. The van der Waals surface area contributed by atoms with Gasteiger partial charge in [-0.3, -0.25) is 0 Å². The van der Waals surface area contributed by atoms with E-state index in [9.17, 15) is 4.79 Å². The minimum absolute atomic E-state index is 0.0981. The van der Waals surface area contributed by atoms with Crippen molar-refractivity contribution >= 4 is 29.2 Å². The lowest BCUT2D eigenvalue weighted by molar-refractivity contribution is 0.185. The van der Waals surface area contributed by atoms with E-state index in [1.165, 1.54) is 0 Å². The quantitative estimate of drug-likeness (QED) is 0.499. The summed E-state index contributed by atoms with van der Waals surface area (Å²) in [5.41, 5.74) is 2.03. The molecule has 178 valence electrons. The Bertz CT molecular complexity index is 1180. The van der Waals surface area contributed by atoms with Gasteiger partial charge < -0.3 is 19.5 Å². The fourth-order valence-corrected chi connectivity index (χ4v) is 5.13. The van der Waals surface area contributed by atoms with Crippen LogP contribution in [0.3, 0.4) is 0 Å². The number of fused-ring (bicyclic) bond motifs is 1. The number of hydrogen-bond acceptors (Lipinski definition) is 4. The number of rotatable bonds is 4. The van der Waals surface area contributed by atoms with E-state index in [0.717, 1.165) is 54.2 Å². The van der Waals surface area contributed by atoms with Crippen molar-refractivity contribution in [3.05, 3.63) is 75.3 Å². The van der Waals surface area contributed by atoms with Crippen LogP contribution in [0, 0.1) is 6.92 Å². The number of amides is 2. The topological polar surface area (TPSA) is 72.3 Å². The average molecular weight is 500 g/mol. The SMILES string of the molecule is Cc1nnc(C2CCCN2C(=O)N[C@H]2CCCOc3ccc(Cl)cc32)n1Cc1ccc(Cl)cc1. The standard InChI is InChI=1S/C25H27Cl2N5O2/c1-16-29-30-24(32(16)15-17-6-8-18(26)9-7-17)22-5-2-12-31(22)25(33)28-21-4-3-13-34-23-11-10-19(27)14-20(21)23/h6-11,14,21-22H,2-5,12-13,15H2,1H3,(H,28,33)/t21-,22?/m0/s1. The van der Waals surface area contributed by atoms with Crippen molar-refractivity contribution in [3.63, 3.8) is 0 Å². The summed E-state index contributed by atoms with van der Waals surface area (Å²) in [5.74, 6) is 2.41. The van der Waals surface area contributed by atoms with Gasteiger partial charge in [-0.25, -0.2) is 4.79 Å². The summed E-state index contributed by atoms with van der Waals surface area (Å²) in [4.78, 5) is 15.4. The number of benzene rings is 2. The van der Waals surface area contributed by atoms with Crippen LogP contribution in [0.4, 0.5) is 4.79 Å². The van der Waals surface area contributed by atoms with Crippen molar-refractivity contribution < 1.29 is 9.53 Å².